The van der Waals surface area contributed by atoms with Gasteiger partial charge in [0.15, 0.2) is 0 Å². The second kappa shape index (κ2) is 7.99. The highest BCUT2D eigenvalue weighted by atomic mass is 16.2. The quantitative estimate of drug-likeness (QED) is 0.850. The van der Waals surface area contributed by atoms with E-state index >= 15 is 0 Å². The number of benzene rings is 1. The minimum atomic E-state index is -0.412. The van der Waals surface area contributed by atoms with E-state index in [0.717, 1.165) is 11.3 Å². The molecule has 140 valence electrons. The van der Waals surface area contributed by atoms with Crippen LogP contribution in [0.5, 0.6) is 0 Å². The van der Waals surface area contributed by atoms with Gasteiger partial charge in [-0.05, 0) is 36.8 Å². The van der Waals surface area contributed by atoms with Gasteiger partial charge in [-0.1, -0.05) is 12.1 Å². The van der Waals surface area contributed by atoms with Crippen molar-refractivity contribution in [1.82, 2.24) is 9.88 Å². The van der Waals surface area contributed by atoms with Crippen LogP contribution in [0, 0.1) is 12.8 Å². The molecule has 0 saturated carbocycles. The Bertz CT molecular complexity index is 867. The molecule has 3 amide bonds. The maximum absolute atomic E-state index is 12.7. The number of aromatic nitrogens is 1. The average molecular weight is 366 g/mol. The van der Waals surface area contributed by atoms with Gasteiger partial charge in [0.1, 0.15) is 0 Å². The summed E-state index contributed by atoms with van der Waals surface area (Å²) < 4.78 is 0. The van der Waals surface area contributed by atoms with Crippen LogP contribution in [0.4, 0.5) is 11.4 Å². The summed E-state index contributed by atoms with van der Waals surface area (Å²) in [6.45, 7) is 4.07. The van der Waals surface area contributed by atoms with Crippen LogP contribution >= 0.6 is 0 Å². The van der Waals surface area contributed by atoms with E-state index in [0.29, 0.717) is 24.5 Å². The average Bonchev–Trinajstić information content (AvgIpc) is 2.99. The Morgan fingerprint density at radius 1 is 1.22 bits per heavy atom. The summed E-state index contributed by atoms with van der Waals surface area (Å²) in [7, 11) is 0. The highest BCUT2D eigenvalue weighted by molar-refractivity contribution is 5.98. The van der Waals surface area contributed by atoms with Crippen molar-refractivity contribution in [1.29, 1.82) is 0 Å². The van der Waals surface area contributed by atoms with Gasteiger partial charge in [0.2, 0.25) is 17.7 Å². The van der Waals surface area contributed by atoms with Crippen LogP contribution in [-0.4, -0.2) is 34.2 Å². The number of pyridine rings is 1. The first kappa shape index (κ1) is 18.6. The minimum absolute atomic E-state index is 0.0514. The Balaban J connectivity index is 1.65. The summed E-state index contributed by atoms with van der Waals surface area (Å²) in [5, 5.41) is 5.58. The number of hydrogen-bond donors (Lipinski definition) is 2. The zero-order valence-electron chi connectivity index (χ0n) is 15.4. The fraction of sp³-hybridized carbons (Fsp3) is 0.300. The Morgan fingerprint density at radius 2 is 2.04 bits per heavy atom. The first-order valence-corrected chi connectivity index (χ1v) is 8.79. The van der Waals surface area contributed by atoms with E-state index in [1.54, 1.807) is 23.2 Å². The van der Waals surface area contributed by atoms with Gasteiger partial charge in [-0.25, -0.2) is 0 Å². The molecule has 1 fully saturated rings. The van der Waals surface area contributed by atoms with Gasteiger partial charge in [0, 0.05) is 37.5 Å². The highest BCUT2D eigenvalue weighted by Gasteiger charge is 2.34. The SMILES string of the molecule is CC(=O)Nc1ccc(C)c(NC(=O)C2CC(=O)N(Cc3ccccn3)C2)c1. The van der Waals surface area contributed by atoms with Gasteiger partial charge in [-0.15, -0.1) is 0 Å². The fourth-order valence-electron chi connectivity index (χ4n) is 3.06. The zero-order valence-corrected chi connectivity index (χ0v) is 15.4. The van der Waals surface area contributed by atoms with Gasteiger partial charge < -0.3 is 15.5 Å². The predicted molar refractivity (Wildman–Crippen MR) is 102 cm³/mol. The van der Waals surface area contributed by atoms with Gasteiger partial charge in [0.05, 0.1) is 18.2 Å². The number of amides is 3. The molecule has 27 heavy (non-hydrogen) atoms. The van der Waals surface area contributed by atoms with E-state index in [1.807, 2.05) is 31.2 Å². The van der Waals surface area contributed by atoms with Crippen molar-refractivity contribution >= 4 is 29.1 Å². The number of carbonyl (C=O) groups is 3. The normalized spacial score (nSPS) is 16.3. The van der Waals surface area contributed by atoms with Crippen molar-refractivity contribution in [2.75, 3.05) is 17.2 Å². The molecule has 3 rings (SSSR count). The molecular weight excluding hydrogens is 344 g/mol. The number of nitrogens with one attached hydrogen (secondary N) is 2. The largest absolute Gasteiger partial charge is 0.336 e. The van der Waals surface area contributed by atoms with E-state index in [-0.39, 0.29) is 24.1 Å². The van der Waals surface area contributed by atoms with E-state index < -0.39 is 5.92 Å². The van der Waals surface area contributed by atoms with E-state index in [4.69, 9.17) is 0 Å². The monoisotopic (exact) mass is 366 g/mol. The number of likely N-dealkylation sites (tertiary alicyclic amines) is 1. The molecule has 1 aromatic carbocycles. The fourth-order valence-corrected chi connectivity index (χ4v) is 3.06. The van der Waals surface area contributed by atoms with E-state index in [9.17, 15) is 14.4 Å². The maximum Gasteiger partial charge on any atom is 0.229 e. The number of aryl methyl sites for hydroxylation is 1. The number of carbonyl (C=O) groups excluding carboxylic acids is 3. The molecule has 1 unspecified atom stereocenters. The molecule has 1 saturated heterocycles. The molecule has 0 bridgehead atoms. The Kier molecular flexibility index (Phi) is 5.49. The summed E-state index contributed by atoms with van der Waals surface area (Å²) in [5.41, 5.74) is 2.92. The van der Waals surface area contributed by atoms with Gasteiger partial charge >= 0.3 is 0 Å². The summed E-state index contributed by atoms with van der Waals surface area (Å²) in [4.78, 5) is 42.0. The Hall–Kier alpha value is -3.22. The molecule has 0 spiro atoms. The van der Waals surface area contributed by atoms with Crippen LogP contribution in [0.1, 0.15) is 24.6 Å². The maximum atomic E-state index is 12.7. The number of rotatable bonds is 5. The highest BCUT2D eigenvalue weighted by Crippen LogP contribution is 2.24. The van der Waals surface area contributed by atoms with Crippen LogP contribution in [0.25, 0.3) is 0 Å². The van der Waals surface area contributed by atoms with Gasteiger partial charge in [-0.3, -0.25) is 19.4 Å². The van der Waals surface area contributed by atoms with Crippen LogP contribution in [0.3, 0.4) is 0 Å². The van der Waals surface area contributed by atoms with E-state index in [2.05, 4.69) is 15.6 Å². The molecule has 1 aliphatic rings. The lowest BCUT2D eigenvalue weighted by atomic mass is 10.1. The van der Waals surface area contributed by atoms with E-state index in [1.165, 1.54) is 6.92 Å². The molecule has 1 atom stereocenters. The Labute approximate surface area is 157 Å². The smallest absolute Gasteiger partial charge is 0.229 e. The summed E-state index contributed by atoms with van der Waals surface area (Å²) >= 11 is 0. The first-order chi connectivity index (χ1) is 12.9. The van der Waals surface area contributed by atoms with Crippen molar-refractivity contribution in [3.8, 4) is 0 Å². The molecule has 0 radical (unpaired) electrons. The van der Waals surface area contributed by atoms with Crippen molar-refractivity contribution < 1.29 is 14.4 Å². The third kappa shape index (κ3) is 4.69. The minimum Gasteiger partial charge on any atom is -0.336 e. The molecule has 0 aliphatic carbocycles. The third-order valence-corrected chi connectivity index (χ3v) is 4.48. The molecule has 2 N–H and O–H groups in total. The number of hydrogen-bond acceptors (Lipinski definition) is 4. The van der Waals surface area contributed by atoms with Crippen LogP contribution in [-0.2, 0) is 20.9 Å². The topological polar surface area (TPSA) is 91.4 Å². The van der Waals surface area contributed by atoms with Gasteiger partial charge in [0.25, 0.3) is 0 Å². The molecule has 7 heteroatoms. The summed E-state index contributed by atoms with van der Waals surface area (Å²) in [6, 6.07) is 10.9. The third-order valence-electron chi connectivity index (χ3n) is 4.48. The number of anilines is 2. The van der Waals surface area contributed by atoms with Gasteiger partial charge in [-0.2, -0.15) is 0 Å². The second-order valence-corrected chi connectivity index (χ2v) is 6.70. The molecule has 2 heterocycles. The van der Waals surface area contributed by atoms with Crippen molar-refractivity contribution in [2.24, 2.45) is 5.92 Å². The Morgan fingerprint density at radius 3 is 2.74 bits per heavy atom. The summed E-state index contributed by atoms with van der Waals surface area (Å²) in [5.74, 6) is -0.841. The lowest BCUT2D eigenvalue weighted by Gasteiger charge is -2.16. The standard InChI is InChI=1S/C20H22N4O3/c1-13-6-7-16(22-14(2)25)10-18(13)23-20(27)15-9-19(26)24(11-15)12-17-5-3-4-8-21-17/h3-8,10,15H,9,11-12H2,1-2H3,(H,22,25)(H,23,27). The predicted octanol–water partition coefficient (Wildman–Crippen LogP) is 2.34. The summed E-state index contributed by atoms with van der Waals surface area (Å²) in [6.07, 6.45) is 1.87. The molecule has 7 nitrogen and oxygen atoms in total. The van der Waals surface area contributed by atoms with Crippen molar-refractivity contribution in [2.45, 2.75) is 26.8 Å². The lowest BCUT2D eigenvalue weighted by molar-refractivity contribution is -0.128. The molecule has 1 aromatic heterocycles. The molecular formula is C20H22N4O3. The van der Waals surface area contributed by atoms with Crippen LogP contribution < -0.4 is 10.6 Å². The van der Waals surface area contributed by atoms with Crippen molar-refractivity contribution in [3.05, 3.63) is 53.9 Å². The molecule has 1 aliphatic heterocycles. The zero-order chi connectivity index (χ0) is 19.4. The van der Waals surface area contributed by atoms with Crippen LogP contribution in [0.2, 0.25) is 0 Å². The van der Waals surface area contributed by atoms with Crippen LogP contribution in [0.15, 0.2) is 42.6 Å². The first-order valence-electron chi connectivity index (χ1n) is 8.79. The molecule has 2 aromatic rings. The number of nitrogens with zero attached hydrogens (tertiary/aromatic N) is 2. The van der Waals surface area contributed by atoms with Crippen molar-refractivity contribution in [3.63, 3.8) is 0 Å². The second-order valence-electron chi connectivity index (χ2n) is 6.70. The lowest BCUT2D eigenvalue weighted by Crippen LogP contribution is -2.28.